The quantitative estimate of drug-likeness (QED) is 0.0236. The Kier molecular flexibility index (Phi) is 39.6. The zero-order valence-corrected chi connectivity index (χ0v) is 36.2. The molecule has 0 fully saturated rings. The van der Waals surface area contributed by atoms with Gasteiger partial charge in [-0.2, -0.15) is 0 Å². The smallest absolute Gasteiger partial charge is 0.462 e. The summed E-state index contributed by atoms with van der Waals surface area (Å²) in [6.07, 6.45) is 43.7. The molecule has 11 heteroatoms. The molecule has 0 aromatic carbocycles. The van der Waals surface area contributed by atoms with Gasteiger partial charge in [0.2, 0.25) is 0 Å². The van der Waals surface area contributed by atoms with Gasteiger partial charge in [0.05, 0.1) is 19.8 Å². The molecule has 0 amide bonds. The van der Waals surface area contributed by atoms with Crippen LogP contribution in [0, 0.1) is 0 Å². The molecule has 1 unspecified atom stereocenters. The van der Waals surface area contributed by atoms with Crippen LogP contribution in [-0.4, -0.2) is 65.7 Å². The van der Waals surface area contributed by atoms with Crippen molar-refractivity contribution in [3.8, 4) is 0 Å². The first-order chi connectivity index (χ1) is 27.2. The summed E-state index contributed by atoms with van der Waals surface area (Å²) < 4.78 is 32.7. The van der Waals surface area contributed by atoms with Crippen LogP contribution in [-0.2, 0) is 32.7 Å². The minimum atomic E-state index is -4.63. The fraction of sp³-hybridized carbons (Fsp3) is 0.778. The van der Waals surface area contributed by atoms with Gasteiger partial charge in [-0.05, 0) is 51.4 Å². The van der Waals surface area contributed by atoms with Gasteiger partial charge in [-0.15, -0.1) is 0 Å². The first-order valence-corrected chi connectivity index (χ1v) is 23.6. The maximum atomic E-state index is 12.6. The summed E-state index contributed by atoms with van der Waals surface area (Å²) in [5.74, 6) is -0.970. The van der Waals surface area contributed by atoms with Gasteiger partial charge in [-0.25, -0.2) is 4.57 Å². The molecule has 0 aliphatic carbocycles. The summed E-state index contributed by atoms with van der Waals surface area (Å²) in [6.45, 7) is 2.23. The van der Waals surface area contributed by atoms with Crippen LogP contribution in [0.3, 0.4) is 0 Å². The van der Waals surface area contributed by atoms with E-state index in [4.69, 9.17) is 19.1 Å². The van der Waals surface area contributed by atoms with Gasteiger partial charge in [0.1, 0.15) is 12.7 Å². The first kappa shape index (κ1) is 53.9. The van der Waals surface area contributed by atoms with E-state index < -0.39 is 51.8 Å². The second-order valence-corrected chi connectivity index (χ2v) is 16.2. The van der Waals surface area contributed by atoms with Gasteiger partial charge in [0.15, 0.2) is 6.10 Å². The van der Waals surface area contributed by atoms with Crippen LogP contribution in [0.2, 0.25) is 0 Å². The van der Waals surface area contributed by atoms with Crippen molar-refractivity contribution in [1.82, 2.24) is 0 Å². The number of phosphoric ester groups is 1. The van der Waals surface area contributed by atoms with Gasteiger partial charge in [-0.1, -0.05) is 172 Å². The van der Waals surface area contributed by atoms with E-state index in [1.165, 1.54) is 89.9 Å². The molecule has 0 rings (SSSR count). The maximum absolute atomic E-state index is 12.6. The lowest BCUT2D eigenvalue weighted by Crippen LogP contribution is -2.29. The third-order valence-electron chi connectivity index (χ3n) is 9.25. The lowest BCUT2D eigenvalue weighted by atomic mass is 10.0. The van der Waals surface area contributed by atoms with Crippen molar-refractivity contribution >= 4 is 19.8 Å². The Balaban J connectivity index is 4.31. The van der Waals surface area contributed by atoms with E-state index in [2.05, 4.69) is 67.0 Å². The molecule has 3 atom stereocenters. The van der Waals surface area contributed by atoms with E-state index in [1.54, 1.807) is 0 Å². The van der Waals surface area contributed by atoms with Crippen molar-refractivity contribution < 1.29 is 47.8 Å². The highest BCUT2D eigenvalue weighted by Crippen LogP contribution is 2.43. The molecule has 0 heterocycles. The van der Waals surface area contributed by atoms with E-state index in [0.717, 1.165) is 57.8 Å². The third kappa shape index (κ3) is 40.1. The number of carbonyl (C=O) groups is 2. The van der Waals surface area contributed by atoms with Crippen LogP contribution < -0.4 is 0 Å². The van der Waals surface area contributed by atoms with Crippen molar-refractivity contribution in [2.75, 3.05) is 26.4 Å². The predicted octanol–water partition coefficient (Wildman–Crippen LogP) is 11.7. The van der Waals surface area contributed by atoms with Gasteiger partial charge in [0, 0.05) is 12.8 Å². The molecule has 0 saturated heterocycles. The number of unbranched alkanes of at least 4 members (excludes halogenated alkanes) is 19. The second-order valence-electron chi connectivity index (χ2n) is 14.7. The van der Waals surface area contributed by atoms with E-state index >= 15 is 0 Å². The minimum absolute atomic E-state index is 0.132. The third-order valence-corrected chi connectivity index (χ3v) is 10.2. The Morgan fingerprint density at radius 2 is 0.982 bits per heavy atom. The molecular formula is C45H81O10P. The molecule has 0 bridgehead atoms. The number of allylic oxidation sites excluding steroid dienone is 8. The van der Waals surface area contributed by atoms with E-state index in [0.29, 0.717) is 12.8 Å². The number of esters is 2. The molecule has 3 N–H and O–H groups in total. The van der Waals surface area contributed by atoms with Gasteiger partial charge in [-0.3, -0.25) is 18.6 Å². The summed E-state index contributed by atoms with van der Waals surface area (Å²) >= 11 is 0. The summed E-state index contributed by atoms with van der Waals surface area (Å²) in [5, 5.41) is 18.3. The number of rotatable bonds is 41. The molecular weight excluding hydrogens is 731 g/mol. The highest BCUT2D eigenvalue weighted by atomic mass is 31.2. The standard InChI is InChI=1S/C45H81O10P/c1-3-5-7-9-11-13-15-17-19-20-21-23-24-26-28-30-32-34-36-44(48)52-40-43(41-54-56(50,51)53-39-42(47)38-46)55-45(49)37-35-33-31-29-27-25-22-18-16-14-12-10-8-6-4-2/h6,8,12,14,18,22,27,29,42-43,46-47H,3-5,7,9-11,13,15-17,19-21,23-26,28,30-41H2,1-2H3,(H,50,51)/b8-6-,14-12-,22-18-,29-27-/t42-,43+/m0/s1. The minimum Gasteiger partial charge on any atom is -0.462 e. The summed E-state index contributed by atoms with van der Waals surface area (Å²) in [4.78, 5) is 35.0. The Hall–Kier alpha value is -2.07. The van der Waals surface area contributed by atoms with E-state index in [9.17, 15) is 24.2 Å². The molecule has 56 heavy (non-hydrogen) atoms. The summed E-state index contributed by atoms with van der Waals surface area (Å²) in [5.41, 5.74) is 0. The topological polar surface area (TPSA) is 149 Å². The summed E-state index contributed by atoms with van der Waals surface area (Å²) in [7, 11) is -4.63. The SMILES string of the molecule is CC/C=C\C/C=C\C/C=C\C/C=C\CCCCC(=O)O[C@H](COC(=O)CCCCCCCCCCCCCCCCCCCC)COP(=O)(O)OC[C@@H](O)CO. The molecule has 0 aliphatic rings. The number of carbonyl (C=O) groups excluding carboxylic acids is 2. The fourth-order valence-electron chi connectivity index (χ4n) is 5.87. The fourth-order valence-corrected chi connectivity index (χ4v) is 6.66. The zero-order chi connectivity index (χ0) is 41.2. The monoisotopic (exact) mass is 813 g/mol. The van der Waals surface area contributed by atoms with Crippen molar-refractivity contribution in [2.45, 2.75) is 199 Å². The van der Waals surface area contributed by atoms with Crippen molar-refractivity contribution in [3.63, 3.8) is 0 Å². The molecule has 0 aromatic rings. The van der Waals surface area contributed by atoms with Gasteiger partial charge >= 0.3 is 19.8 Å². The van der Waals surface area contributed by atoms with Gasteiger partial charge < -0.3 is 24.6 Å². The second kappa shape index (κ2) is 41.1. The van der Waals surface area contributed by atoms with E-state index in [1.807, 2.05) is 0 Å². The highest BCUT2D eigenvalue weighted by molar-refractivity contribution is 7.47. The molecule has 0 aliphatic heterocycles. The number of aliphatic hydroxyl groups excluding tert-OH is 2. The zero-order valence-electron chi connectivity index (χ0n) is 35.3. The Morgan fingerprint density at radius 3 is 1.48 bits per heavy atom. The van der Waals surface area contributed by atoms with Crippen LogP contribution in [0.4, 0.5) is 0 Å². The molecule has 326 valence electrons. The van der Waals surface area contributed by atoms with Crippen molar-refractivity contribution in [2.24, 2.45) is 0 Å². The van der Waals surface area contributed by atoms with Crippen LogP contribution in [0.25, 0.3) is 0 Å². The molecule has 0 spiro atoms. The largest absolute Gasteiger partial charge is 0.472 e. The van der Waals surface area contributed by atoms with Crippen LogP contribution in [0.15, 0.2) is 48.6 Å². The number of ether oxygens (including phenoxy) is 2. The predicted molar refractivity (Wildman–Crippen MR) is 228 cm³/mol. The molecule has 0 radical (unpaired) electrons. The molecule has 0 saturated carbocycles. The number of hydrogen-bond acceptors (Lipinski definition) is 9. The average Bonchev–Trinajstić information content (AvgIpc) is 3.19. The van der Waals surface area contributed by atoms with Crippen LogP contribution in [0.5, 0.6) is 0 Å². The highest BCUT2D eigenvalue weighted by Gasteiger charge is 2.27. The summed E-state index contributed by atoms with van der Waals surface area (Å²) in [6, 6.07) is 0. The lowest BCUT2D eigenvalue weighted by molar-refractivity contribution is -0.161. The Bertz CT molecular complexity index is 1070. The molecule has 10 nitrogen and oxygen atoms in total. The van der Waals surface area contributed by atoms with Crippen molar-refractivity contribution in [1.29, 1.82) is 0 Å². The van der Waals surface area contributed by atoms with Gasteiger partial charge in [0.25, 0.3) is 0 Å². The number of aliphatic hydroxyl groups is 2. The Labute approximate surface area is 341 Å². The maximum Gasteiger partial charge on any atom is 0.472 e. The van der Waals surface area contributed by atoms with Crippen LogP contribution in [0.1, 0.15) is 187 Å². The van der Waals surface area contributed by atoms with Crippen molar-refractivity contribution in [3.05, 3.63) is 48.6 Å². The first-order valence-electron chi connectivity index (χ1n) is 22.1. The Morgan fingerprint density at radius 1 is 0.554 bits per heavy atom. The van der Waals surface area contributed by atoms with Crippen LogP contribution >= 0.6 is 7.82 Å². The van der Waals surface area contributed by atoms with E-state index in [-0.39, 0.29) is 19.4 Å². The average molecular weight is 813 g/mol. The molecule has 0 aromatic heterocycles. The number of hydrogen-bond donors (Lipinski definition) is 3. The lowest BCUT2D eigenvalue weighted by Gasteiger charge is -2.20. The number of phosphoric acid groups is 1. The normalized spacial score (nSPS) is 14.3.